The molecule has 0 radical (unpaired) electrons. The van der Waals surface area contributed by atoms with Crippen LogP contribution in [-0.2, 0) is 6.42 Å². The molecule has 2 atom stereocenters. The molecular weight excluding hydrogens is 260 g/mol. The molecule has 1 aromatic heterocycles. The number of aryl methyl sites for hydroxylation is 1. The lowest BCUT2D eigenvalue weighted by molar-refractivity contribution is 0.414. The van der Waals surface area contributed by atoms with Crippen LogP contribution in [0.2, 0.25) is 0 Å². The summed E-state index contributed by atoms with van der Waals surface area (Å²) in [6, 6.07) is 6.10. The van der Waals surface area contributed by atoms with Crippen molar-refractivity contribution in [2.75, 3.05) is 7.11 Å². The van der Waals surface area contributed by atoms with E-state index in [-0.39, 0.29) is 11.3 Å². The maximum atomic E-state index is 6.33. The number of thioether (sulfide) groups is 1. The zero-order valence-corrected chi connectivity index (χ0v) is 11.7. The first kappa shape index (κ1) is 12.5. The van der Waals surface area contributed by atoms with Crippen LogP contribution in [0.5, 0.6) is 5.75 Å². The van der Waals surface area contributed by atoms with E-state index in [1.54, 1.807) is 18.9 Å². The zero-order chi connectivity index (χ0) is 13.4. The van der Waals surface area contributed by atoms with Crippen LogP contribution >= 0.6 is 11.8 Å². The fourth-order valence-electron chi connectivity index (χ4n) is 2.37. The number of benzene rings is 1. The second-order valence-corrected chi connectivity index (χ2v) is 5.86. The van der Waals surface area contributed by atoms with Crippen molar-refractivity contribution in [3.63, 3.8) is 0 Å². The van der Waals surface area contributed by atoms with Gasteiger partial charge in [0.15, 0.2) is 0 Å². The van der Waals surface area contributed by atoms with Gasteiger partial charge in [-0.15, -0.1) is 5.10 Å². The van der Waals surface area contributed by atoms with Gasteiger partial charge in [-0.2, -0.15) is 0 Å². The second kappa shape index (κ2) is 4.86. The molecule has 0 spiro atoms. The molecule has 0 saturated carbocycles. The molecule has 1 aliphatic rings. The van der Waals surface area contributed by atoms with Gasteiger partial charge < -0.3 is 10.5 Å². The molecule has 1 aromatic carbocycles. The van der Waals surface area contributed by atoms with Gasteiger partial charge in [0, 0.05) is 11.3 Å². The normalized spacial score (nSPS) is 21.4. The van der Waals surface area contributed by atoms with Crippen LogP contribution in [0.25, 0.3) is 0 Å². The number of ether oxygens (including phenoxy) is 1. The number of hydrogen-bond acceptors (Lipinski definition) is 5. The van der Waals surface area contributed by atoms with Crippen molar-refractivity contribution in [1.82, 2.24) is 15.2 Å². The molecule has 3 rings (SSSR count). The number of aromatic nitrogens is 3. The maximum Gasteiger partial charge on any atom is 0.208 e. The molecule has 1 heterocycles. The number of H-pyrrole nitrogens is 1. The lowest BCUT2D eigenvalue weighted by atomic mass is 10.1. The quantitative estimate of drug-likeness (QED) is 0.894. The number of aromatic amines is 1. The summed E-state index contributed by atoms with van der Waals surface area (Å²) < 4.78 is 5.25. The van der Waals surface area contributed by atoms with Crippen molar-refractivity contribution in [3.05, 3.63) is 35.2 Å². The van der Waals surface area contributed by atoms with Gasteiger partial charge in [-0.25, -0.2) is 4.98 Å². The molecule has 100 valence electrons. The smallest absolute Gasteiger partial charge is 0.208 e. The van der Waals surface area contributed by atoms with E-state index >= 15 is 0 Å². The molecule has 3 N–H and O–H groups in total. The Morgan fingerprint density at radius 1 is 1.47 bits per heavy atom. The molecule has 0 amide bonds. The lowest BCUT2D eigenvalue weighted by Crippen LogP contribution is -2.19. The van der Waals surface area contributed by atoms with Crippen LogP contribution < -0.4 is 10.5 Å². The van der Waals surface area contributed by atoms with Crippen molar-refractivity contribution in [3.8, 4) is 5.75 Å². The monoisotopic (exact) mass is 276 g/mol. The van der Waals surface area contributed by atoms with Crippen molar-refractivity contribution in [1.29, 1.82) is 0 Å². The predicted octanol–water partition coefficient (Wildman–Crippen LogP) is 1.84. The fraction of sp³-hybridized carbons (Fsp3) is 0.385. The Kier molecular flexibility index (Phi) is 3.20. The Morgan fingerprint density at radius 3 is 3.00 bits per heavy atom. The Hall–Kier alpha value is -1.53. The molecule has 0 aliphatic heterocycles. The van der Waals surface area contributed by atoms with Crippen LogP contribution in [-0.4, -0.2) is 27.5 Å². The van der Waals surface area contributed by atoms with Gasteiger partial charge in [0.05, 0.1) is 7.11 Å². The number of hydrogen-bond donors (Lipinski definition) is 2. The van der Waals surface area contributed by atoms with Crippen LogP contribution in [0, 0.1) is 6.92 Å². The molecule has 0 bridgehead atoms. The van der Waals surface area contributed by atoms with Gasteiger partial charge in [0.1, 0.15) is 11.6 Å². The first-order chi connectivity index (χ1) is 9.17. The van der Waals surface area contributed by atoms with E-state index < -0.39 is 0 Å². The summed E-state index contributed by atoms with van der Waals surface area (Å²) in [7, 11) is 1.67. The Bertz CT molecular complexity index is 598. The summed E-state index contributed by atoms with van der Waals surface area (Å²) >= 11 is 1.63. The largest absolute Gasteiger partial charge is 0.497 e. The van der Waals surface area contributed by atoms with E-state index in [0.29, 0.717) is 0 Å². The summed E-state index contributed by atoms with van der Waals surface area (Å²) in [5.74, 6) is 1.68. The molecule has 2 aromatic rings. The molecule has 19 heavy (non-hydrogen) atoms. The summed E-state index contributed by atoms with van der Waals surface area (Å²) in [5, 5.41) is 8.05. The van der Waals surface area contributed by atoms with Gasteiger partial charge in [-0.05, 0) is 36.6 Å². The van der Waals surface area contributed by atoms with Gasteiger partial charge in [0.2, 0.25) is 5.16 Å². The van der Waals surface area contributed by atoms with E-state index in [0.717, 1.165) is 23.2 Å². The third-order valence-corrected chi connectivity index (χ3v) is 4.52. The number of fused-ring (bicyclic) bond motifs is 1. The summed E-state index contributed by atoms with van der Waals surface area (Å²) in [4.78, 5) is 4.32. The minimum absolute atomic E-state index is 0.00564. The van der Waals surface area contributed by atoms with Crippen molar-refractivity contribution in [2.45, 2.75) is 29.8 Å². The molecule has 1 aliphatic carbocycles. The SMILES string of the molecule is COc1ccc2c(c1)C(N)C(Sc1n[nH]c(C)n1)C2. The van der Waals surface area contributed by atoms with Crippen LogP contribution in [0.15, 0.2) is 23.4 Å². The van der Waals surface area contributed by atoms with Crippen LogP contribution in [0.1, 0.15) is 23.0 Å². The highest BCUT2D eigenvalue weighted by molar-refractivity contribution is 7.99. The summed E-state index contributed by atoms with van der Waals surface area (Å²) in [6.07, 6.45) is 0.943. The Labute approximate surface area is 116 Å². The van der Waals surface area contributed by atoms with Gasteiger partial charge >= 0.3 is 0 Å². The molecule has 0 saturated heterocycles. The second-order valence-electron chi connectivity index (χ2n) is 4.65. The molecule has 6 heteroatoms. The minimum atomic E-state index is -0.00564. The average Bonchev–Trinajstić information content (AvgIpc) is 2.95. The number of rotatable bonds is 3. The van der Waals surface area contributed by atoms with Crippen molar-refractivity contribution in [2.24, 2.45) is 5.73 Å². The van der Waals surface area contributed by atoms with E-state index in [4.69, 9.17) is 10.5 Å². The molecular formula is C13H16N4OS. The van der Waals surface area contributed by atoms with Gasteiger partial charge in [0.25, 0.3) is 0 Å². The summed E-state index contributed by atoms with van der Waals surface area (Å²) in [6.45, 7) is 1.89. The number of nitrogens with one attached hydrogen (secondary N) is 1. The van der Waals surface area contributed by atoms with Crippen LogP contribution in [0.4, 0.5) is 0 Å². The minimum Gasteiger partial charge on any atom is -0.497 e. The first-order valence-electron chi connectivity index (χ1n) is 6.15. The van der Waals surface area contributed by atoms with E-state index in [9.17, 15) is 0 Å². The van der Waals surface area contributed by atoms with E-state index in [1.807, 2.05) is 19.1 Å². The third-order valence-electron chi connectivity index (χ3n) is 3.37. The lowest BCUT2D eigenvalue weighted by Gasteiger charge is -2.13. The van der Waals surface area contributed by atoms with E-state index in [1.165, 1.54) is 11.1 Å². The fourth-order valence-corrected chi connectivity index (χ4v) is 3.48. The Balaban J connectivity index is 1.80. The van der Waals surface area contributed by atoms with Crippen LogP contribution in [0.3, 0.4) is 0 Å². The predicted molar refractivity (Wildman–Crippen MR) is 74.4 cm³/mol. The topological polar surface area (TPSA) is 76.8 Å². The highest BCUT2D eigenvalue weighted by Crippen LogP contribution is 2.40. The third kappa shape index (κ3) is 2.33. The molecule has 2 unspecified atom stereocenters. The standard InChI is InChI=1S/C13H16N4OS/c1-7-15-13(17-16-7)19-11-5-8-3-4-9(18-2)6-10(8)12(11)14/h3-4,6,11-12H,5,14H2,1-2H3,(H,15,16,17). The first-order valence-corrected chi connectivity index (χ1v) is 7.03. The Morgan fingerprint density at radius 2 is 2.32 bits per heavy atom. The van der Waals surface area contributed by atoms with Gasteiger partial charge in [-0.1, -0.05) is 17.8 Å². The molecule has 5 nitrogen and oxygen atoms in total. The number of nitrogens with zero attached hydrogens (tertiary/aromatic N) is 2. The van der Waals surface area contributed by atoms with Crippen molar-refractivity contribution < 1.29 is 4.74 Å². The number of methoxy groups -OCH3 is 1. The highest BCUT2D eigenvalue weighted by Gasteiger charge is 2.31. The maximum absolute atomic E-state index is 6.33. The van der Waals surface area contributed by atoms with Gasteiger partial charge in [-0.3, -0.25) is 5.10 Å². The zero-order valence-electron chi connectivity index (χ0n) is 10.9. The van der Waals surface area contributed by atoms with E-state index in [2.05, 4.69) is 21.2 Å². The van der Waals surface area contributed by atoms with Crippen molar-refractivity contribution >= 4 is 11.8 Å². The number of nitrogens with two attached hydrogens (primary N) is 1. The highest BCUT2D eigenvalue weighted by atomic mass is 32.2. The summed E-state index contributed by atoms with van der Waals surface area (Å²) in [5.41, 5.74) is 8.79. The molecule has 0 fully saturated rings. The average molecular weight is 276 g/mol.